The van der Waals surface area contributed by atoms with Crippen LogP contribution in [-0.4, -0.2) is 12.2 Å². The lowest BCUT2D eigenvalue weighted by Crippen LogP contribution is -2.04. The predicted molar refractivity (Wildman–Crippen MR) is 65.0 cm³/mol. The normalized spacial score (nSPS) is 10.6. The van der Waals surface area contributed by atoms with Crippen LogP contribution < -0.4 is 10.1 Å². The fourth-order valence-corrected chi connectivity index (χ4v) is 1.53. The number of hydrogen-bond acceptors (Lipinski definition) is 4. The summed E-state index contributed by atoms with van der Waals surface area (Å²) >= 11 is 5.57. The predicted octanol–water partition coefficient (Wildman–Crippen LogP) is 2.77. The van der Waals surface area contributed by atoms with Crippen LogP contribution in [0, 0.1) is 5.82 Å². The first-order valence-corrected chi connectivity index (χ1v) is 5.74. The Hall–Kier alpha value is -1.59. The van der Waals surface area contributed by atoms with Crippen LogP contribution in [0.2, 0.25) is 5.02 Å². The number of rotatable bonds is 5. The molecule has 0 atom stereocenters. The van der Waals surface area contributed by atoms with Crippen molar-refractivity contribution in [3.8, 4) is 5.75 Å². The van der Waals surface area contributed by atoms with Gasteiger partial charge in [-0.2, -0.15) is 0 Å². The summed E-state index contributed by atoms with van der Waals surface area (Å²) < 4.78 is 23.6. The molecule has 1 heterocycles. The van der Waals surface area contributed by atoms with Crippen LogP contribution in [-0.2, 0) is 13.2 Å². The molecule has 0 saturated carbocycles. The molecule has 0 radical (unpaired) electrons. The van der Waals surface area contributed by atoms with Crippen LogP contribution in [0.3, 0.4) is 0 Å². The largest absolute Gasteiger partial charge is 0.485 e. The summed E-state index contributed by atoms with van der Waals surface area (Å²) in [4.78, 5) is 0. The van der Waals surface area contributed by atoms with Crippen LogP contribution in [0.25, 0.3) is 0 Å². The molecule has 1 aromatic heterocycles. The molecule has 18 heavy (non-hydrogen) atoms. The van der Waals surface area contributed by atoms with E-state index in [0.29, 0.717) is 18.1 Å². The van der Waals surface area contributed by atoms with Crippen molar-refractivity contribution in [2.45, 2.75) is 13.2 Å². The minimum Gasteiger partial charge on any atom is -0.485 e. The molecule has 0 aliphatic rings. The summed E-state index contributed by atoms with van der Waals surface area (Å²) in [6, 6.07) is 6.05. The van der Waals surface area contributed by atoms with E-state index in [0.717, 1.165) is 5.69 Å². The maximum absolute atomic E-state index is 13.2. The average Bonchev–Trinajstić information content (AvgIpc) is 2.79. The van der Waals surface area contributed by atoms with Crippen LogP contribution in [0.15, 0.2) is 28.8 Å². The molecule has 4 nitrogen and oxygen atoms in total. The minimum absolute atomic E-state index is 0.0679. The van der Waals surface area contributed by atoms with E-state index in [9.17, 15) is 4.39 Å². The molecule has 0 bridgehead atoms. The fraction of sp³-hybridized carbons (Fsp3) is 0.250. The average molecular weight is 271 g/mol. The van der Waals surface area contributed by atoms with Crippen molar-refractivity contribution in [2.75, 3.05) is 7.05 Å². The summed E-state index contributed by atoms with van der Waals surface area (Å²) in [5, 5.41) is 6.86. The lowest BCUT2D eigenvalue weighted by atomic mass is 10.3. The van der Waals surface area contributed by atoms with Gasteiger partial charge in [0.1, 0.15) is 18.2 Å². The van der Waals surface area contributed by atoms with Crippen LogP contribution in [0.4, 0.5) is 4.39 Å². The third-order valence-corrected chi connectivity index (χ3v) is 2.54. The number of ether oxygens (including phenoxy) is 1. The van der Waals surface area contributed by atoms with Gasteiger partial charge in [-0.1, -0.05) is 16.8 Å². The quantitative estimate of drug-likeness (QED) is 0.908. The van der Waals surface area contributed by atoms with Gasteiger partial charge in [-0.15, -0.1) is 0 Å². The zero-order chi connectivity index (χ0) is 13.0. The molecule has 0 aliphatic carbocycles. The van der Waals surface area contributed by atoms with Gasteiger partial charge in [0.15, 0.2) is 5.76 Å². The first kappa shape index (κ1) is 12.9. The highest BCUT2D eigenvalue weighted by Gasteiger charge is 2.06. The van der Waals surface area contributed by atoms with Crippen LogP contribution in [0.5, 0.6) is 5.75 Å². The van der Waals surface area contributed by atoms with Crippen molar-refractivity contribution in [2.24, 2.45) is 0 Å². The number of aromatic nitrogens is 1. The maximum Gasteiger partial charge on any atom is 0.174 e. The minimum atomic E-state index is -0.511. The Morgan fingerprint density at radius 1 is 1.44 bits per heavy atom. The summed E-state index contributed by atoms with van der Waals surface area (Å²) in [5.41, 5.74) is 0.790. The van der Waals surface area contributed by atoms with E-state index >= 15 is 0 Å². The molecule has 0 aliphatic heterocycles. The Bertz CT molecular complexity index is 531. The Morgan fingerprint density at radius 3 is 3.00 bits per heavy atom. The second kappa shape index (κ2) is 5.84. The number of halogens is 2. The molecule has 0 amide bonds. The van der Waals surface area contributed by atoms with E-state index in [-0.39, 0.29) is 11.6 Å². The highest BCUT2D eigenvalue weighted by molar-refractivity contribution is 6.30. The molecule has 0 spiro atoms. The van der Waals surface area contributed by atoms with Gasteiger partial charge in [-0.25, -0.2) is 4.39 Å². The van der Waals surface area contributed by atoms with Crippen molar-refractivity contribution in [3.63, 3.8) is 0 Å². The molecule has 2 aromatic rings. The maximum atomic E-state index is 13.2. The molecular weight excluding hydrogens is 259 g/mol. The topological polar surface area (TPSA) is 47.3 Å². The number of benzene rings is 1. The van der Waals surface area contributed by atoms with Gasteiger partial charge in [0.25, 0.3) is 0 Å². The summed E-state index contributed by atoms with van der Waals surface area (Å²) in [6.07, 6.45) is 0. The van der Waals surface area contributed by atoms with E-state index < -0.39 is 5.82 Å². The summed E-state index contributed by atoms with van der Waals surface area (Å²) in [5.74, 6) is 0.460. The monoisotopic (exact) mass is 270 g/mol. The summed E-state index contributed by atoms with van der Waals surface area (Å²) in [6.45, 7) is 0.816. The van der Waals surface area contributed by atoms with Crippen molar-refractivity contribution in [3.05, 3.63) is 46.6 Å². The van der Waals surface area contributed by atoms with Gasteiger partial charge >= 0.3 is 0 Å². The number of nitrogens with one attached hydrogen (secondary N) is 1. The van der Waals surface area contributed by atoms with Crippen LogP contribution in [0.1, 0.15) is 11.5 Å². The molecular formula is C12H12ClFN2O2. The van der Waals surface area contributed by atoms with E-state index in [2.05, 4.69) is 10.5 Å². The lowest BCUT2D eigenvalue weighted by molar-refractivity contribution is 0.247. The van der Waals surface area contributed by atoms with Crippen molar-refractivity contribution < 1.29 is 13.7 Å². The Kier molecular flexibility index (Phi) is 4.17. The van der Waals surface area contributed by atoms with Crippen molar-refractivity contribution >= 4 is 11.6 Å². The number of nitrogens with zero attached hydrogens (tertiary/aromatic N) is 1. The van der Waals surface area contributed by atoms with Crippen molar-refractivity contribution in [1.82, 2.24) is 10.5 Å². The molecule has 1 aromatic carbocycles. The Balaban J connectivity index is 1.95. The molecule has 1 N–H and O–H groups in total. The third kappa shape index (κ3) is 3.21. The van der Waals surface area contributed by atoms with E-state index in [1.54, 1.807) is 12.1 Å². The zero-order valence-electron chi connectivity index (χ0n) is 9.74. The fourth-order valence-electron chi connectivity index (χ4n) is 1.41. The smallest absolute Gasteiger partial charge is 0.174 e. The molecule has 96 valence electrons. The van der Waals surface area contributed by atoms with Gasteiger partial charge < -0.3 is 14.6 Å². The second-order valence-electron chi connectivity index (χ2n) is 3.68. The van der Waals surface area contributed by atoms with Gasteiger partial charge in [0.2, 0.25) is 0 Å². The summed E-state index contributed by atoms with van der Waals surface area (Å²) in [7, 11) is 1.82. The van der Waals surface area contributed by atoms with Gasteiger partial charge in [0.05, 0.1) is 10.7 Å². The van der Waals surface area contributed by atoms with E-state index in [1.807, 2.05) is 7.05 Å². The van der Waals surface area contributed by atoms with Gasteiger partial charge in [-0.3, -0.25) is 0 Å². The molecule has 0 unspecified atom stereocenters. The first-order chi connectivity index (χ1) is 8.69. The van der Waals surface area contributed by atoms with Gasteiger partial charge in [0, 0.05) is 18.7 Å². The Labute approximate surface area is 109 Å². The molecule has 6 heteroatoms. The zero-order valence-corrected chi connectivity index (χ0v) is 10.5. The van der Waals surface area contributed by atoms with E-state index in [4.69, 9.17) is 20.9 Å². The van der Waals surface area contributed by atoms with Crippen molar-refractivity contribution in [1.29, 1.82) is 0 Å². The second-order valence-corrected chi connectivity index (χ2v) is 4.09. The van der Waals surface area contributed by atoms with Gasteiger partial charge in [-0.05, 0) is 19.2 Å². The molecule has 0 saturated heterocycles. The first-order valence-electron chi connectivity index (χ1n) is 5.36. The highest BCUT2D eigenvalue weighted by atomic mass is 35.5. The molecule has 0 fully saturated rings. The van der Waals surface area contributed by atoms with Crippen LogP contribution >= 0.6 is 11.6 Å². The lowest BCUT2D eigenvalue weighted by Gasteiger charge is -2.03. The standard InChI is InChI=1S/C12H12ClFN2O2/c1-15-6-8-4-10(18-16-8)7-17-9-2-3-11(13)12(14)5-9/h2-5,15H,6-7H2,1H3. The number of hydrogen-bond donors (Lipinski definition) is 1. The highest BCUT2D eigenvalue weighted by Crippen LogP contribution is 2.21. The molecule has 2 rings (SSSR count). The Morgan fingerprint density at radius 2 is 2.28 bits per heavy atom. The van der Waals surface area contributed by atoms with E-state index in [1.165, 1.54) is 12.1 Å². The SMILES string of the molecule is CNCc1cc(COc2ccc(Cl)c(F)c2)on1. The third-order valence-electron chi connectivity index (χ3n) is 2.24.